The second-order valence-electron chi connectivity index (χ2n) is 8.05. The van der Waals surface area contributed by atoms with Crippen molar-refractivity contribution in [2.75, 3.05) is 27.3 Å². The molecule has 14 heteroatoms. The Balaban J connectivity index is 1.54. The van der Waals surface area contributed by atoms with Crippen molar-refractivity contribution in [1.82, 2.24) is 30.2 Å². The number of hydrogen-bond acceptors (Lipinski definition) is 8. The molecule has 2 aromatic heterocycles. The lowest BCUT2D eigenvalue weighted by atomic mass is 9.97. The summed E-state index contributed by atoms with van der Waals surface area (Å²) in [6.45, 7) is 0.395. The fraction of sp³-hybridized carbons (Fsp3) is 0.348. The molecule has 3 aromatic rings. The Hall–Kier alpha value is -4.36. The van der Waals surface area contributed by atoms with Crippen molar-refractivity contribution in [2.24, 2.45) is 0 Å². The van der Waals surface area contributed by atoms with Crippen molar-refractivity contribution in [1.29, 1.82) is 0 Å². The maximum Gasteiger partial charge on any atom is 0.573 e. The minimum absolute atomic E-state index is 0.141. The van der Waals surface area contributed by atoms with E-state index >= 15 is 0 Å². The van der Waals surface area contributed by atoms with Crippen LogP contribution in [0.25, 0.3) is 0 Å². The van der Waals surface area contributed by atoms with E-state index in [-0.39, 0.29) is 36.0 Å². The number of nitrogens with one attached hydrogen (secondary N) is 1. The summed E-state index contributed by atoms with van der Waals surface area (Å²) in [4.78, 5) is 31.9. The van der Waals surface area contributed by atoms with Gasteiger partial charge in [0.1, 0.15) is 5.75 Å². The van der Waals surface area contributed by atoms with Crippen LogP contribution in [0.3, 0.4) is 0 Å². The molecule has 4 rings (SSSR count). The Morgan fingerprint density at radius 3 is 2.59 bits per heavy atom. The monoisotopic (exact) mass is 520 g/mol. The van der Waals surface area contributed by atoms with Gasteiger partial charge in [0, 0.05) is 31.5 Å². The number of likely N-dealkylation sites (tertiary alicyclic amines) is 1. The second-order valence-corrected chi connectivity index (χ2v) is 8.05. The zero-order valence-corrected chi connectivity index (χ0v) is 19.8. The molecule has 0 aliphatic carbocycles. The molecule has 1 aliphatic rings. The molecular weight excluding hydrogens is 497 g/mol. The molecule has 2 unspecified atom stereocenters. The topological polar surface area (TPSA) is 121 Å². The van der Waals surface area contributed by atoms with Crippen molar-refractivity contribution in [2.45, 2.75) is 24.9 Å². The minimum Gasteiger partial charge on any atom is -0.491 e. The average Bonchev–Trinajstić information content (AvgIpc) is 3.42. The van der Waals surface area contributed by atoms with Crippen molar-refractivity contribution >= 4 is 11.8 Å². The number of aromatic nitrogens is 4. The Morgan fingerprint density at radius 1 is 1.14 bits per heavy atom. The van der Waals surface area contributed by atoms with Crippen LogP contribution in [0.15, 0.2) is 48.9 Å². The molecule has 196 valence electrons. The summed E-state index contributed by atoms with van der Waals surface area (Å²) < 4.78 is 54.3. The molecule has 11 nitrogen and oxygen atoms in total. The third-order valence-corrected chi connectivity index (χ3v) is 5.80. The number of ether oxygens (including phenoxy) is 3. The third-order valence-electron chi connectivity index (χ3n) is 5.80. The molecule has 1 saturated heterocycles. The van der Waals surface area contributed by atoms with E-state index in [1.165, 1.54) is 55.6 Å². The van der Waals surface area contributed by atoms with E-state index in [2.05, 4.69) is 25.3 Å². The summed E-state index contributed by atoms with van der Waals surface area (Å²) in [7, 11) is 2.86. The quantitative estimate of drug-likeness (QED) is 0.505. The van der Waals surface area contributed by atoms with Gasteiger partial charge < -0.3 is 24.4 Å². The summed E-state index contributed by atoms with van der Waals surface area (Å²) in [6.07, 6.45) is -0.254. The number of carbonyl (C=O) groups excluding carboxylic acids is 2. The number of amides is 2. The van der Waals surface area contributed by atoms with Gasteiger partial charge in [-0.2, -0.15) is 0 Å². The predicted molar refractivity (Wildman–Crippen MR) is 121 cm³/mol. The maximum absolute atomic E-state index is 13.2. The van der Waals surface area contributed by atoms with Crippen LogP contribution in [0.1, 0.15) is 33.2 Å². The van der Waals surface area contributed by atoms with E-state index < -0.39 is 30.1 Å². The molecule has 0 saturated carbocycles. The molecule has 0 radical (unpaired) electrons. The summed E-state index contributed by atoms with van der Waals surface area (Å²) >= 11 is 0. The number of pyridine rings is 1. The Kier molecular flexibility index (Phi) is 7.45. The number of piperidine rings is 1. The van der Waals surface area contributed by atoms with E-state index in [9.17, 15) is 22.8 Å². The molecule has 2 atom stereocenters. The van der Waals surface area contributed by atoms with Gasteiger partial charge in [-0.25, -0.2) is 9.67 Å². The van der Waals surface area contributed by atoms with Gasteiger partial charge in [0.15, 0.2) is 5.75 Å². The number of halogens is 3. The SMILES string of the molecule is COc1cc(C(=O)N2CCC(NC(=O)c3ccccc3OC(F)(F)F)C(n3ccnn3)C2)cnc1OC. The number of benzene rings is 1. The van der Waals surface area contributed by atoms with Crippen LogP contribution >= 0.6 is 0 Å². The molecule has 1 aromatic carbocycles. The van der Waals surface area contributed by atoms with Crippen LogP contribution in [-0.2, 0) is 0 Å². The Bertz CT molecular complexity index is 1250. The summed E-state index contributed by atoms with van der Waals surface area (Å²) in [5.74, 6) is -1.16. The van der Waals surface area contributed by atoms with Crippen LogP contribution in [-0.4, -0.2) is 76.4 Å². The second kappa shape index (κ2) is 10.7. The molecule has 1 N–H and O–H groups in total. The first-order chi connectivity index (χ1) is 17.7. The number of rotatable bonds is 7. The molecular formula is C23H23F3N6O5. The van der Waals surface area contributed by atoms with E-state index in [0.29, 0.717) is 12.2 Å². The van der Waals surface area contributed by atoms with E-state index in [1.807, 2.05) is 0 Å². The average molecular weight is 520 g/mol. The fourth-order valence-corrected chi connectivity index (χ4v) is 4.09. The summed E-state index contributed by atoms with van der Waals surface area (Å²) in [5.41, 5.74) is 0.00257. The van der Waals surface area contributed by atoms with Crippen LogP contribution in [0.5, 0.6) is 17.4 Å². The number of alkyl halides is 3. The van der Waals surface area contributed by atoms with Crippen molar-refractivity contribution in [3.8, 4) is 17.4 Å². The highest BCUT2D eigenvalue weighted by Gasteiger charge is 2.37. The van der Waals surface area contributed by atoms with Crippen LogP contribution in [0.2, 0.25) is 0 Å². The van der Waals surface area contributed by atoms with Gasteiger partial charge in [-0.1, -0.05) is 17.3 Å². The highest BCUT2D eigenvalue weighted by atomic mass is 19.4. The van der Waals surface area contributed by atoms with E-state index in [0.717, 1.165) is 6.07 Å². The third kappa shape index (κ3) is 5.90. The molecule has 2 amide bonds. The van der Waals surface area contributed by atoms with Gasteiger partial charge in [-0.3, -0.25) is 9.59 Å². The van der Waals surface area contributed by atoms with Crippen molar-refractivity contribution in [3.05, 3.63) is 60.0 Å². The van der Waals surface area contributed by atoms with Crippen LogP contribution in [0.4, 0.5) is 13.2 Å². The lowest BCUT2D eigenvalue weighted by Gasteiger charge is -2.38. The maximum atomic E-state index is 13.2. The predicted octanol–water partition coefficient (Wildman–Crippen LogP) is 2.47. The van der Waals surface area contributed by atoms with Crippen LogP contribution < -0.4 is 19.5 Å². The van der Waals surface area contributed by atoms with Gasteiger partial charge in [0.25, 0.3) is 17.7 Å². The largest absolute Gasteiger partial charge is 0.573 e. The van der Waals surface area contributed by atoms with E-state index in [1.54, 1.807) is 11.1 Å². The van der Waals surface area contributed by atoms with Gasteiger partial charge in [-0.05, 0) is 18.6 Å². The highest BCUT2D eigenvalue weighted by Crippen LogP contribution is 2.29. The zero-order valence-electron chi connectivity index (χ0n) is 19.8. The number of para-hydroxylation sites is 1. The van der Waals surface area contributed by atoms with Gasteiger partial charge in [0.2, 0.25) is 0 Å². The fourth-order valence-electron chi connectivity index (χ4n) is 4.09. The first-order valence-corrected chi connectivity index (χ1v) is 11.1. The summed E-state index contributed by atoms with van der Waals surface area (Å²) in [6, 6.07) is 5.48. The Labute approximate surface area is 209 Å². The zero-order chi connectivity index (χ0) is 26.6. The first-order valence-electron chi connectivity index (χ1n) is 11.1. The lowest BCUT2D eigenvalue weighted by molar-refractivity contribution is -0.274. The first kappa shape index (κ1) is 25.7. The molecule has 0 spiro atoms. The smallest absolute Gasteiger partial charge is 0.491 e. The van der Waals surface area contributed by atoms with Gasteiger partial charge >= 0.3 is 6.36 Å². The molecule has 3 heterocycles. The highest BCUT2D eigenvalue weighted by molar-refractivity contribution is 5.97. The van der Waals surface area contributed by atoms with Gasteiger partial charge in [-0.15, -0.1) is 18.3 Å². The Morgan fingerprint density at radius 2 is 1.92 bits per heavy atom. The normalized spacial score (nSPS) is 17.7. The van der Waals surface area contributed by atoms with Crippen molar-refractivity contribution < 1.29 is 37.0 Å². The summed E-state index contributed by atoms with van der Waals surface area (Å²) in [5, 5.41) is 10.6. The number of carbonyl (C=O) groups is 2. The lowest BCUT2D eigenvalue weighted by Crippen LogP contribution is -2.53. The molecule has 0 bridgehead atoms. The van der Waals surface area contributed by atoms with Crippen molar-refractivity contribution in [3.63, 3.8) is 0 Å². The van der Waals surface area contributed by atoms with Crippen LogP contribution in [0, 0.1) is 0 Å². The molecule has 1 aliphatic heterocycles. The minimum atomic E-state index is -4.95. The number of nitrogens with zero attached hydrogens (tertiary/aromatic N) is 5. The molecule has 1 fully saturated rings. The number of methoxy groups -OCH3 is 2. The number of hydrogen-bond donors (Lipinski definition) is 1. The van der Waals surface area contributed by atoms with E-state index in [4.69, 9.17) is 9.47 Å². The molecule has 37 heavy (non-hydrogen) atoms. The standard InChI is InChI=1S/C23H23F3N6O5/c1-35-19-11-14(12-27-21(19)36-2)22(34)31-9-7-16(17(13-31)32-10-8-28-30-32)29-20(33)15-5-3-4-6-18(15)37-23(24,25)26/h3-6,8,10-12,16-17H,7,9,13H2,1-2H3,(H,29,33). The van der Waals surface area contributed by atoms with Gasteiger partial charge in [0.05, 0.1) is 43.6 Å².